The molecule has 0 aliphatic heterocycles. The zero-order chi connectivity index (χ0) is 26.5. The van der Waals surface area contributed by atoms with Crippen LogP contribution < -0.4 is 4.72 Å². The number of halogens is 6. The third kappa shape index (κ3) is 5.01. The number of hydrogen-bond donors (Lipinski definition) is 1. The van der Waals surface area contributed by atoms with Crippen LogP contribution in [0.5, 0.6) is 0 Å². The van der Waals surface area contributed by atoms with Crippen LogP contribution in [0.15, 0.2) is 87.5 Å². The molecule has 4 aromatic rings. The number of rotatable bonds is 5. The summed E-state index contributed by atoms with van der Waals surface area (Å²) in [6, 6.07) is 15.3. The zero-order valence-electron chi connectivity index (χ0n) is 17.6. The Kier molecular flexibility index (Phi) is 6.95. The van der Waals surface area contributed by atoms with Gasteiger partial charge in [-0.15, -0.1) is 0 Å². The summed E-state index contributed by atoms with van der Waals surface area (Å²) in [5, 5.41) is -0.291. The Balaban J connectivity index is 1.73. The number of sulfonamides is 1. The Morgan fingerprint density at radius 3 is 1.92 bits per heavy atom. The van der Waals surface area contributed by atoms with Crippen molar-refractivity contribution < 1.29 is 30.0 Å². The van der Waals surface area contributed by atoms with E-state index in [1.807, 2.05) is 0 Å². The van der Waals surface area contributed by atoms with Gasteiger partial charge in [0, 0.05) is 5.39 Å². The van der Waals surface area contributed by atoms with Crippen molar-refractivity contribution >= 4 is 71.1 Å². The van der Waals surface area contributed by atoms with Gasteiger partial charge in [0.05, 0.1) is 31.2 Å². The molecular formula is C23H13Cl3F3NO4S2. The topological polar surface area (TPSA) is 80.3 Å². The molecule has 0 aromatic heterocycles. The summed E-state index contributed by atoms with van der Waals surface area (Å²) in [4.78, 5) is -1.11. The molecule has 4 aromatic carbocycles. The average molecular weight is 595 g/mol. The van der Waals surface area contributed by atoms with E-state index in [9.17, 15) is 30.0 Å². The second-order valence-electron chi connectivity index (χ2n) is 7.50. The first-order chi connectivity index (χ1) is 16.7. The van der Waals surface area contributed by atoms with Gasteiger partial charge in [-0.25, -0.2) is 16.8 Å². The van der Waals surface area contributed by atoms with Crippen molar-refractivity contribution in [3.63, 3.8) is 0 Å². The number of alkyl halides is 3. The quantitative estimate of drug-likeness (QED) is 0.260. The van der Waals surface area contributed by atoms with E-state index in [4.69, 9.17) is 34.8 Å². The number of benzene rings is 4. The van der Waals surface area contributed by atoms with E-state index in [0.29, 0.717) is 29.0 Å². The summed E-state index contributed by atoms with van der Waals surface area (Å²) in [5.41, 5.74) is -1.35. The van der Waals surface area contributed by atoms with Gasteiger partial charge < -0.3 is 0 Å². The molecule has 4 rings (SSSR count). The van der Waals surface area contributed by atoms with E-state index in [2.05, 4.69) is 4.72 Å². The summed E-state index contributed by atoms with van der Waals surface area (Å²) in [6.07, 6.45) is -4.72. The molecule has 0 amide bonds. The van der Waals surface area contributed by atoms with Crippen LogP contribution in [0.1, 0.15) is 5.56 Å². The fourth-order valence-corrected chi connectivity index (χ4v) is 7.79. The van der Waals surface area contributed by atoms with Gasteiger partial charge >= 0.3 is 6.18 Å². The van der Waals surface area contributed by atoms with Crippen LogP contribution in [-0.2, 0) is 26.0 Å². The molecule has 0 bridgehead atoms. The molecule has 0 saturated heterocycles. The summed E-state index contributed by atoms with van der Waals surface area (Å²) in [7, 11) is -8.72. The highest BCUT2D eigenvalue weighted by Gasteiger charge is 2.32. The fourth-order valence-electron chi connectivity index (χ4n) is 3.52. The molecule has 0 spiro atoms. The van der Waals surface area contributed by atoms with Crippen molar-refractivity contribution in [1.82, 2.24) is 0 Å². The molecule has 0 aliphatic carbocycles. The van der Waals surface area contributed by atoms with Crippen molar-refractivity contribution in [2.75, 3.05) is 4.72 Å². The van der Waals surface area contributed by atoms with Gasteiger partial charge in [-0.1, -0.05) is 71.2 Å². The minimum absolute atomic E-state index is 0.0470. The van der Waals surface area contributed by atoms with Crippen molar-refractivity contribution in [1.29, 1.82) is 0 Å². The molecule has 13 heteroatoms. The van der Waals surface area contributed by atoms with E-state index in [1.54, 1.807) is 36.4 Å². The molecule has 0 aliphatic rings. The highest BCUT2D eigenvalue weighted by molar-refractivity contribution is 7.93. The first-order valence-electron chi connectivity index (χ1n) is 9.83. The molecule has 0 atom stereocenters. The van der Waals surface area contributed by atoms with E-state index in [0.717, 1.165) is 12.1 Å². The minimum atomic E-state index is -4.72. The lowest BCUT2D eigenvalue weighted by atomic mass is 10.1. The summed E-state index contributed by atoms with van der Waals surface area (Å²) in [6.45, 7) is 0. The van der Waals surface area contributed by atoms with Crippen molar-refractivity contribution in [2.45, 2.75) is 20.9 Å². The number of nitrogens with one attached hydrogen (secondary N) is 1. The lowest BCUT2D eigenvalue weighted by Gasteiger charge is -2.15. The predicted octanol–water partition coefficient (Wildman–Crippen LogP) is 7.45. The van der Waals surface area contributed by atoms with Crippen LogP contribution in [0.25, 0.3) is 10.8 Å². The normalized spacial score (nSPS) is 12.6. The van der Waals surface area contributed by atoms with Gasteiger partial charge in [0.25, 0.3) is 10.0 Å². The first kappa shape index (κ1) is 26.6. The highest BCUT2D eigenvalue weighted by atomic mass is 35.5. The zero-order valence-corrected chi connectivity index (χ0v) is 21.5. The van der Waals surface area contributed by atoms with Crippen LogP contribution >= 0.6 is 34.8 Å². The number of hydrogen-bond acceptors (Lipinski definition) is 4. The number of fused-ring (bicyclic) bond motifs is 1. The Labute approximate surface area is 219 Å². The van der Waals surface area contributed by atoms with Crippen LogP contribution in [0.4, 0.5) is 18.9 Å². The maximum atomic E-state index is 13.4. The van der Waals surface area contributed by atoms with Crippen molar-refractivity contribution in [2.24, 2.45) is 0 Å². The van der Waals surface area contributed by atoms with Gasteiger partial charge in [0.2, 0.25) is 9.84 Å². The Morgan fingerprint density at radius 2 is 1.31 bits per heavy atom. The second kappa shape index (κ2) is 9.42. The Bertz CT molecular complexity index is 1700. The predicted molar refractivity (Wildman–Crippen MR) is 133 cm³/mol. The van der Waals surface area contributed by atoms with Gasteiger partial charge in [-0.2, -0.15) is 13.2 Å². The maximum Gasteiger partial charge on any atom is 0.416 e. The van der Waals surface area contributed by atoms with Gasteiger partial charge in [-0.05, 0) is 41.8 Å². The largest absolute Gasteiger partial charge is 0.416 e. The average Bonchev–Trinajstić information content (AvgIpc) is 2.76. The van der Waals surface area contributed by atoms with Gasteiger partial charge in [0.15, 0.2) is 0 Å². The third-order valence-corrected chi connectivity index (χ3v) is 9.70. The van der Waals surface area contributed by atoms with E-state index in [1.165, 1.54) is 6.07 Å². The third-order valence-electron chi connectivity index (χ3n) is 5.11. The number of anilines is 1. The molecule has 36 heavy (non-hydrogen) atoms. The SMILES string of the molecule is O=S(=O)(Nc1cc(Cl)c(S(=O)(=O)c2cccc3ccccc23)c(Cl)c1)c1ccc(C(F)(F)F)cc1Cl. The molecule has 1 N–H and O–H groups in total. The minimum Gasteiger partial charge on any atom is -0.279 e. The molecule has 5 nitrogen and oxygen atoms in total. The van der Waals surface area contributed by atoms with Crippen LogP contribution in [0.2, 0.25) is 15.1 Å². The molecule has 0 heterocycles. The van der Waals surface area contributed by atoms with E-state index >= 15 is 0 Å². The van der Waals surface area contributed by atoms with Crippen molar-refractivity contribution in [3.8, 4) is 0 Å². The van der Waals surface area contributed by atoms with Crippen LogP contribution in [-0.4, -0.2) is 16.8 Å². The summed E-state index contributed by atoms with van der Waals surface area (Å²) < 4.78 is 93.2. The molecule has 0 unspecified atom stereocenters. The molecule has 0 fully saturated rings. The Morgan fingerprint density at radius 1 is 0.694 bits per heavy atom. The molecule has 0 radical (unpaired) electrons. The fraction of sp³-hybridized carbons (Fsp3) is 0.0435. The molecular weight excluding hydrogens is 582 g/mol. The first-order valence-corrected chi connectivity index (χ1v) is 13.9. The monoisotopic (exact) mass is 593 g/mol. The van der Waals surface area contributed by atoms with Gasteiger partial charge in [-0.3, -0.25) is 4.72 Å². The Hall–Kier alpha value is -2.50. The maximum absolute atomic E-state index is 13.4. The van der Waals surface area contributed by atoms with Gasteiger partial charge in [0.1, 0.15) is 9.79 Å². The van der Waals surface area contributed by atoms with E-state index < -0.39 is 46.4 Å². The lowest BCUT2D eigenvalue weighted by molar-refractivity contribution is -0.137. The van der Waals surface area contributed by atoms with Crippen LogP contribution in [0, 0.1) is 0 Å². The van der Waals surface area contributed by atoms with Crippen LogP contribution in [0.3, 0.4) is 0 Å². The van der Waals surface area contributed by atoms with E-state index in [-0.39, 0.29) is 20.6 Å². The number of sulfone groups is 1. The standard InChI is InChI=1S/C23H13Cl3F3NO4S2/c24-17-10-14(23(27,28)29)8-9-21(17)36(33,34)30-15-11-18(25)22(19(26)12-15)35(31,32)20-7-3-5-13-4-1-2-6-16(13)20/h1-12,30H. The molecule has 0 saturated carbocycles. The van der Waals surface area contributed by atoms with Crippen molar-refractivity contribution in [3.05, 3.63) is 93.4 Å². The molecule has 188 valence electrons. The highest BCUT2D eigenvalue weighted by Crippen LogP contribution is 2.39. The lowest BCUT2D eigenvalue weighted by Crippen LogP contribution is -2.15. The smallest absolute Gasteiger partial charge is 0.279 e. The summed E-state index contributed by atoms with van der Waals surface area (Å²) in [5.74, 6) is 0. The summed E-state index contributed by atoms with van der Waals surface area (Å²) >= 11 is 18.3. The second-order valence-corrected chi connectivity index (χ2v) is 12.2.